The minimum Gasteiger partial charge on any atom is -0.614 e. The Hall–Kier alpha value is -4.37. The number of fused-ring (bicyclic) bond motifs is 2. The second-order valence-corrected chi connectivity index (χ2v) is 15.8. The quantitative estimate of drug-likeness (QED) is 0.118. The summed E-state index contributed by atoms with van der Waals surface area (Å²) < 4.78 is 41.9. The van der Waals surface area contributed by atoms with Crippen LogP contribution in [0.5, 0.6) is 23.0 Å². The van der Waals surface area contributed by atoms with E-state index in [1.165, 1.54) is 12.9 Å². The molecular weight excluding hydrogens is 721 g/mol. The van der Waals surface area contributed by atoms with Crippen LogP contribution in [-0.4, -0.2) is 109 Å². The Morgan fingerprint density at radius 2 is 1.64 bits per heavy atom. The van der Waals surface area contributed by atoms with E-state index in [-0.39, 0.29) is 54.0 Å². The van der Waals surface area contributed by atoms with Crippen molar-refractivity contribution in [2.75, 3.05) is 52.7 Å². The first-order valence-electron chi connectivity index (χ1n) is 17.6. The van der Waals surface area contributed by atoms with Gasteiger partial charge in [-0.3, -0.25) is 14.5 Å². The molecule has 3 aromatic carbocycles. The number of rotatable bonds is 12. The molecule has 0 bridgehead atoms. The van der Waals surface area contributed by atoms with E-state index in [1.54, 1.807) is 26.4 Å². The van der Waals surface area contributed by atoms with Crippen LogP contribution in [0, 0.1) is 0 Å². The van der Waals surface area contributed by atoms with E-state index in [2.05, 4.69) is 0 Å². The van der Waals surface area contributed by atoms with E-state index in [0.29, 0.717) is 53.3 Å². The molecule has 4 heterocycles. The van der Waals surface area contributed by atoms with Crippen LogP contribution in [0.25, 0.3) is 0 Å². The van der Waals surface area contributed by atoms with Gasteiger partial charge in [-0.2, -0.15) is 0 Å². The van der Waals surface area contributed by atoms with Gasteiger partial charge in [0.05, 0.1) is 57.4 Å². The second kappa shape index (κ2) is 15.5. The van der Waals surface area contributed by atoms with Crippen LogP contribution in [0.3, 0.4) is 0 Å². The molecule has 0 radical (unpaired) electrons. The maximum Gasteiger partial charge on any atom is 0.337 e. The fourth-order valence-electron chi connectivity index (χ4n) is 7.89. The molecule has 2 amide bonds. The van der Waals surface area contributed by atoms with Crippen molar-refractivity contribution in [3.8, 4) is 23.0 Å². The number of hydrogen-bond acceptors (Lipinski definition) is 9. The first-order valence-corrected chi connectivity index (χ1v) is 19.4. The molecule has 4 aliphatic heterocycles. The number of carbonyl (C=O) groups is 3. The lowest BCUT2D eigenvalue weighted by molar-refractivity contribution is -0.938. The van der Waals surface area contributed by atoms with E-state index in [0.717, 1.165) is 42.0 Å². The number of methoxy groups -OCH3 is 2. The molecule has 4 aliphatic rings. The Labute approximate surface area is 317 Å². The lowest BCUT2D eigenvalue weighted by Gasteiger charge is -2.49. The van der Waals surface area contributed by atoms with Gasteiger partial charge >= 0.3 is 14.0 Å². The van der Waals surface area contributed by atoms with Crippen LogP contribution in [0.15, 0.2) is 71.9 Å². The molecule has 53 heavy (non-hydrogen) atoms. The molecule has 2 unspecified atom stereocenters. The van der Waals surface area contributed by atoms with E-state index < -0.39 is 22.5 Å². The number of quaternary nitrogens is 1. The minimum atomic E-state index is -1.29. The molecule has 0 spiro atoms. The summed E-state index contributed by atoms with van der Waals surface area (Å²) >= 11 is 5.57. The number of amides is 2. The number of benzene rings is 3. The second-order valence-electron chi connectivity index (χ2n) is 13.8. The lowest BCUT2D eigenvalue weighted by Crippen LogP contribution is -2.66. The molecule has 0 saturated carbocycles. The van der Waals surface area contributed by atoms with Crippen molar-refractivity contribution in [3.05, 3.63) is 93.6 Å². The van der Waals surface area contributed by atoms with Crippen LogP contribution in [0.2, 0.25) is 5.02 Å². The first kappa shape index (κ1) is 37.0. The maximum atomic E-state index is 14.2. The molecule has 4 atom stereocenters. The van der Waals surface area contributed by atoms with Crippen LogP contribution in [-0.2, 0) is 38.6 Å². The van der Waals surface area contributed by atoms with Gasteiger partial charge in [0.15, 0.2) is 11.5 Å². The number of β-lactam (4-membered cyclic amide) rings is 1. The molecule has 278 valence electrons. The van der Waals surface area contributed by atoms with Gasteiger partial charge in [-0.25, -0.2) is 4.79 Å². The number of ether oxygens (including phenoxy) is 4. The van der Waals surface area contributed by atoms with Crippen molar-refractivity contribution in [1.82, 2.24) is 9.80 Å². The number of piperazine rings is 1. The summed E-state index contributed by atoms with van der Waals surface area (Å²) in [6, 6.07) is 18.5. The normalized spacial score (nSPS) is 23.5. The lowest BCUT2D eigenvalue weighted by atomic mass is 10.0. The maximum absolute atomic E-state index is 14.2. The van der Waals surface area contributed by atoms with Gasteiger partial charge in [0.2, 0.25) is 11.3 Å². The van der Waals surface area contributed by atoms with Crippen LogP contribution < -0.4 is 18.9 Å². The molecule has 3 fully saturated rings. The van der Waals surface area contributed by atoms with Gasteiger partial charge in [-0.15, -0.1) is 0 Å². The molecule has 12 nitrogen and oxygen atoms in total. The molecule has 15 heteroatoms. The van der Waals surface area contributed by atoms with Crippen LogP contribution in [0.4, 0.5) is 0 Å². The summed E-state index contributed by atoms with van der Waals surface area (Å²) in [6.45, 7) is 3.40. The van der Waals surface area contributed by atoms with E-state index in [9.17, 15) is 18.9 Å². The Morgan fingerprint density at radius 3 is 2.26 bits per heavy atom. The van der Waals surface area contributed by atoms with Crippen molar-refractivity contribution in [2.24, 2.45) is 0 Å². The largest absolute Gasteiger partial charge is 0.614 e. The molecule has 3 aromatic rings. The van der Waals surface area contributed by atoms with Gasteiger partial charge in [-0.1, -0.05) is 35.9 Å². The van der Waals surface area contributed by atoms with Gasteiger partial charge in [-0.05, 0) is 58.7 Å². The smallest absolute Gasteiger partial charge is 0.337 e. The van der Waals surface area contributed by atoms with Crippen molar-refractivity contribution in [1.29, 1.82) is 0 Å². The average molecular weight is 763 g/mol. The highest BCUT2D eigenvalue weighted by atomic mass is 35.5. The zero-order valence-electron chi connectivity index (χ0n) is 30.0. The molecule has 3 saturated heterocycles. The molecule has 0 aliphatic carbocycles. The van der Waals surface area contributed by atoms with E-state index in [4.69, 9.17) is 35.2 Å². The topological polar surface area (TPSA) is 127 Å². The predicted molar refractivity (Wildman–Crippen MR) is 200 cm³/mol. The summed E-state index contributed by atoms with van der Waals surface area (Å²) in [4.78, 5) is 42.9. The van der Waals surface area contributed by atoms with Crippen molar-refractivity contribution < 1.29 is 47.0 Å². The van der Waals surface area contributed by atoms with Crippen molar-refractivity contribution >= 4 is 48.6 Å². The molecule has 7 rings (SSSR count). The Bertz CT molecular complexity index is 1910. The SMILES string of the molecule is BOC(=O)C1=C(C[N+]23CCC[C@H]2CN(C(=O)c2cc(Cl)c(OCc4ccc(OC)cc4)c(OCc4ccc(OC)cc4)c2)CC3)C[S+]([O-])[C@@H]2CC(=O)N12. The number of carbonyl (C=O) groups excluding carboxylic acids is 3. The van der Waals surface area contributed by atoms with Gasteiger partial charge in [0.25, 0.3) is 5.91 Å². The summed E-state index contributed by atoms with van der Waals surface area (Å²) in [5, 5.41) is -0.219. The van der Waals surface area contributed by atoms with E-state index >= 15 is 0 Å². The van der Waals surface area contributed by atoms with Crippen molar-refractivity contribution in [3.63, 3.8) is 0 Å². The van der Waals surface area contributed by atoms with Crippen LogP contribution in [0.1, 0.15) is 40.7 Å². The fourth-order valence-corrected chi connectivity index (χ4v) is 9.70. The predicted octanol–water partition coefficient (Wildman–Crippen LogP) is 3.62. The summed E-state index contributed by atoms with van der Waals surface area (Å²) in [5.74, 6) is 1.43. The standard InChI is InChI=1S/C38H42BClN3O9S/c1-48-29-9-5-24(6-10-29)21-50-32-17-26(16-31(40)36(32)51-22-25-7-11-30(49-2)12-8-25)37(45)41-13-15-43(14-3-4-28(43)19-41)20-27-23-53(47)34-18-33(44)42(34)35(27)38(46)52-39/h5-12,16-17,28,34H,3-4,13-15,18-23,39H2,1-2H3/q+1/t28-,34+,43?,53?/m0/s1. The monoisotopic (exact) mass is 762 g/mol. The Balaban J connectivity index is 1.11. The zero-order valence-corrected chi connectivity index (χ0v) is 31.6. The molecule has 0 N–H and O–H groups in total. The summed E-state index contributed by atoms with van der Waals surface area (Å²) in [5.41, 5.74) is 3.13. The van der Waals surface area contributed by atoms with Gasteiger partial charge in [0.1, 0.15) is 48.7 Å². The number of halogens is 1. The third-order valence-corrected chi connectivity index (χ3v) is 12.7. The van der Waals surface area contributed by atoms with Crippen molar-refractivity contribution in [2.45, 2.75) is 43.9 Å². The highest BCUT2D eigenvalue weighted by Crippen LogP contribution is 2.41. The average Bonchev–Trinajstić information content (AvgIpc) is 3.59. The van der Waals surface area contributed by atoms with Crippen LogP contribution >= 0.6 is 11.6 Å². The third kappa shape index (κ3) is 7.42. The Morgan fingerprint density at radius 1 is 0.981 bits per heavy atom. The molecule has 0 aromatic heterocycles. The number of hydrogen-bond donors (Lipinski definition) is 0. The van der Waals surface area contributed by atoms with E-state index in [1.807, 2.05) is 53.4 Å². The third-order valence-electron chi connectivity index (χ3n) is 10.8. The summed E-state index contributed by atoms with van der Waals surface area (Å²) in [6.07, 6.45) is 2.03. The first-order chi connectivity index (χ1) is 25.6. The van der Waals surface area contributed by atoms with Gasteiger partial charge in [0, 0.05) is 18.4 Å². The van der Waals surface area contributed by atoms with Gasteiger partial charge < -0.3 is 37.5 Å². The minimum absolute atomic E-state index is 0.103. The highest BCUT2D eigenvalue weighted by molar-refractivity contribution is 7.92. The zero-order chi connectivity index (χ0) is 37.3. The molecular formula is C38H42BClN3O9S+. The fraction of sp³-hybridized carbons (Fsp3) is 0.395. The number of nitrogens with zero attached hydrogens (tertiary/aromatic N) is 3. The summed E-state index contributed by atoms with van der Waals surface area (Å²) in [7, 11) is 4.52. The highest BCUT2D eigenvalue weighted by Gasteiger charge is 2.55. The Kier molecular flexibility index (Phi) is 10.8.